The zero-order valence-corrected chi connectivity index (χ0v) is 15.9. The lowest BCUT2D eigenvalue weighted by molar-refractivity contribution is -0.150. The Bertz CT molecular complexity index is 875. The molecule has 0 saturated carbocycles. The molecule has 1 atom stereocenters. The van der Waals surface area contributed by atoms with E-state index in [-0.39, 0.29) is 16.6 Å². The maximum Gasteiger partial charge on any atom is 0.317 e. The summed E-state index contributed by atoms with van der Waals surface area (Å²) in [6.07, 6.45) is -1.08. The molecule has 9 heteroatoms. The summed E-state index contributed by atoms with van der Waals surface area (Å²) in [5.41, 5.74) is 1.03. The van der Waals surface area contributed by atoms with Gasteiger partial charge in [0.25, 0.3) is 5.91 Å². The molecule has 148 valence electrons. The normalized spacial score (nSPS) is 11.4. The minimum absolute atomic E-state index is 0.0201. The molecule has 2 aromatic carbocycles. The van der Waals surface area contributed by atoms with Crippen LogP contribution < -0.4 is 10.6 Å². The highest BCUT2D eigenvalue weighted by Gasteiger charge is 2.18. The summed E-state index contributed by atoms with van der Waals surface area (Å²) in [4.78, 5) is 34.9. The van der Waals surface area contributed by atoms with Gasteiger partial charge in [-0.1, -0.05) is 0 Å². The van der Waals surface area contributed by atoms with Crippen LogP contribution in [-0.4, -0.2) is 29.6 Å². The maximum absolute atomic E-state index is 13.5. The van der Waals surface area contributed by atoms with Crippen molar-refractivity contribution in [3.8, 4) is 0 Å². The van der Waals surface area contributed by atoms with Crippen LogP contribution in [0.1, 0.15) is 13.8 Å². The van der Waals surface area contributed by atoms with Crippen LogP contribution in [0.4, 0.5) is 20.2 Å². The average molecular weight is 408 g/mol. The Hall–Kier alpha value is -2.94. The third-order valence-corrected chi connectivity index (χ3v) is 4.39. The molecule has 2 aromatic rings. The zero-order chi connectivity index (χ0) is 20.7. The van der Waals surface area contributed by atoms with Crippen LogP contribution in [0.3, 0.4) is 0 Å². The fraction of sp³-hybridized carbons (Fsp3) is 0.211. The van der Waals surface area contributed by atoms with Gasteiger partial charge in [-0.25, -0.2) is 8.78 Å². The summed E-state index contributed by atoms with van der Waals surface area (Å²) >= 11 is 0.778. The first-order valence-corrected chi connectivity index (χ1v) is 9.19. The number of rotatable bonds is 7. The van der Waals surface area contributed by atoms with E-state index in [4.69, 9.17) is 4.74 Å². The molecular weight excluding hydrogens is 390 g/mol. The Balaban J connectivity index is 1.83. The van der Waals surface area contributed by atoms with Crippen molar-refractivity contribution in [1.82, 2.24) is 0 Å². The number of thioether (sulfide) groups is 1. The summed E-state index contributed by atoms with van der Waals surface area (Å²) in [6, 6.07) is 9.31. The molecule has 0 fully saturated rings. The second-order valence-corrected chi connectivity index (χ2v) is 6.76. The van der Waals surface area contributed by atoms with Crippen molar-refractivity contribution in [2.75, 3.05) is 16.4 Å². The number of ether oxygens (including phenoxy) is 1. The van der Waals surface area contributed by atoms with Crippen molar-refractivity contribution in [1.29, 1.82) is 0 Å². The highest BCUT2D eigenvalue weighted by Crippen LogP contribution is 2.23. The number of esters is 1. The van der Waals surface area contributed by atoms with Crippen LogP contribution in [0.2, 0.25) is 0 Å². The van der Waals surface area contributed by atoms with Crippen molar-refractivity contribution in [3.63, 3.8) is 0 Å². The molecule has 0 unspecified atom stereocenters. The molecule has 0 aliphatic heterocycles. The lowest BCUT2D eigenvalue weighted by Crippen LogP contribution is -2.30. The molecule has 2 rings (SSSR count). The van der Waals surface area contributed by atoms with Gasteiger partial charge in [0, 0.05) is 23.2 Å². The third kappa shape index (κ3) is 6.66. The molecule has 2 amide bonds. The predicted octanol–water partition coefficient (Wildman–Crippen LogP) is 3.59. The molecule has 6 nitrogen and oxygen atoms in total. The van der Waals surface area contributed by atoms with Gasteiger partial charge in [0.2, 0.25) is 5.91 Å². The van der Waals surface area contributed by atoms with E-state index in [9.17, 15) is 23.2 Å². The van der Waals surface area contributed by atoms with Gasteiger partial charge in [-0.05, 0) is 49.4 Å². The molecular formula is C19H18F2N2O4S. The first-order chi connectivity index (χ1) is 13.2. The van der Waals surface area contributed by atoms with E-state index in [0.717, 1.165) is 30.0 Å². The van der Waals surface area contributed by atoms with Crippen LogP contribution in [0.5, 0.6) is 0 Å². The van der Waals surface area contributed by atoms with Crippen LogP contribution in [0, 0.1) is 11.6 Å². The van der Waals surface area contributed by atoms with Gasteiger partial charge >= 0.3 is 5.97 Å². The van der Waals surface area contributed by atoms with Crippen molar-refractivity contribution in [3.05, 3.63) is 54.1 Å². The lowest BCUT2D eigenvalue weighted by atomic mass is 10.2. The number of amides is 2. The first-order valence-electron chi connectivity index (χ1n) is 8.20. The van der Waals surface area contributed by atoms with E-state index < -0.39 is 29.6 Å². The van der Waals surface area contributed by atoms with Gasteiger partial charge in [-0.3, -0.25) is 14.4 Å². The van der Waals surface area contributed by atoms with Crippen molar-refractivity contribution >= 4 is 40.9 Å². The molecule has 0 radical (unpaired) electrons. The number of benzene rings is 2. The zero-order valence-electron chi connectivity index (χ0n) is 15.1. The number of anilines is 2. The minimum atomic E-state index is -1.08. The molecule has 0 saturated heterocycles. The quantitative estimate of drug-likeness (QED) is 0.540. The molecule has 0 bridgehead atoms. The second-order valence-electron chi connectivity index (χ2n) is 5.74. The number of carbonyl (C=O) groups is 3. The summed E-state index contributed by atoms with van der Waals surface area (Å²) in [6.45, 7) is 2.78. The number of hydrogen-bond acceptors (Lipinski definition) is 5. The number of carbonyl (C=O) groups excluding carboxylic acids is 3. The second kappa shape index (κ2) is 9.84. The molecule has 0 spiro atoms. The van der Waals surface area contributed by atoms with Gasteiger partial charge < -0.3 is 15.4 Å². The van der Waals surface area contributed by atoms with E-state index in [1.165, 1.54) is 13.8 Å². The van der Waals surface area contributed by atoms with Gasteiger partial charge in [0.05, 0.1) is 5.75 Å². The first kappa shape index (κ1) is 21.4. The fourth-order valence-electron chi connectivity index (χ4n) is 2.09. The van der Waals surface area contributed by atoms with Gasteiger partial charge in [0.1, 0.15) is 11.6 Å². The largest absolute Gasteiger partial charge is 0.452 e. The smallest absolute Gasteiger partial charge is 0.317 e. The molecule has 2 N–H and O–H groups in total. The molecule has 28 heavy (non-hydrogen) atoms. The van der Waals surface area contributed by atoms with Gasteiger partial charge in [-0.15, -0.1) is 11.8 Å². The van der Waals surface area contributed by atoms with Gasteiger partial charge in [0.15, 0.2) is 6.10 Å². The Morgan fingerprint density at radius 1 is 1.04 bits per heavy atom. The molecule has 0 aliphatic rings. The van der Waals surface area contributed by atoms with Crippen LogP contribution in [0.15, 0.2) is 47.4 Å². The fourth-order valence-corrected chi connectivity index (χ4v) is 2.84. The SMILES string of the molecule is CC(=O)Nc1ccc(NC(=O)[C@@H](C)OC(=O)CSc2cc(F)ccc2F)cc1. The van der Waals surface area contributed by atoms with Crippen molar-refractivity contribution in [2.24, 2.45) is 0 Å². The standard InChI is InChI=1S/C19H18F2N2O4S/c1-11(19(26)23-15-6-4-14(5-7-15)22-12(2)24)27-18(25)10-28-17-9-13(20)3-8-16(17)21/h3-9,11H,10H2,1-2H3,(H,22,24)(H,23,26)/t11-/m1/s1. The highest BCUT2D eigenvalue weighted by atomic mass is 32.2. The summed E-state index contributed by atoms with van der Waals surface area (Å²) in [5.74, 6) is -3.04. The molecule has 0 aromatic heterocycles. The number of halogens is 2. The summed E-state index contributed by atoms with van der Waals surface area (Å²) < 4.78 is 31.6. The van der Waals surface area contributed by atoms with Crippen molar-refractivity contribution in [2.45, 2.75) is 24.8 Å². The van der Waals surface area contributed by atoms with Crippen molar-refractivity contribution < 1.29 is 27.9 Å². The van der Waals surface area contributed by atoms with E-state index in [1.54, 1.807) is 24.3 Å². The Kier molecular flexibility index (Phi) is 7.51. The molecule has 0 heterocycles. The van der Waals surface area contributed by atoms with E-state index in [1.807, 2.05) is 0 Å². The van der Waals surface area contributed by atoms with E-state index >= 15 is 0 Å². The monoisotopic (exact) mass is 408 g/mol. The highest BCUT2D eigenvalue weighted by molar-refractivity contribution is 8.00. The molecule has 0 aliphatic carbocycles. The van der Waals surface area contributed by atoms with E-state index in [0.29, 0.717) is 11.4 Å². The number of nitrogens with one attached hydrogen (secondary N) is 2. The minimum Gasteiger partial charge on any atom is -0.452 e. The van der Waals surface area contributed by atoms with Gasteiger partial charge in [-0.2, -0.15) is 0 Å². The van der Waals surface area contributed by atoms with Crippen LogP contribution in [0.25, 0.3) is 0 Å². The topological polar surface area (TPSA) is 84.5 Å². The summed E-state index contributed by atoms with van der Waals surface area (Å²) in [7, 11) is 0. The lowest BCUT2D eigenvalue weighted by Gasteiger charge is -2.14. The Morgan fingerprint density at radius 3 is 2.25 bits per heavy atom. The Morgan fingerprint density at radius 2 is 1.64 bits per heavy atom. The van der Waals surface area contributed by atoms with Crippen LogP contribution in [-0.2, 0) is 19.1 Å². The summed E-state index contributed by atoms with van der Waals surface area (Å²) in [5, 5.41) is 5.17. The Labute approximate surface area is 164 Å². The third-order valence-electron chi connectivity index (χ3n) is 3.39. The maximum atomic E-state index is 13.5. The van der Waals surface area contributed by atoms with E-state index in [2.05, 4.69) is 10.6 Å². The number of hydrogen-bond donors (Lipinski definition) is 2. The average Bonchev–Trinajstić information content (AvgIpc) is 2.63. The van der Waals surface area contributed by atoms with Crippen LogP contribution >= 0.6 is 11.8 Å². The predicted molar refractivity (Wildman–Crippen MR) is 102 cm³/mol.